The Morgan fingerprint density at radius 1 is 1.21 bits per heavy atom. The Kier molecular flexibility index (Phi) is 4.03. The van der Waals surface area contributed by atoms with Gasteiger partial charge in [0.15, 0.2) is 0 Å². The van der Waals surface area contributed by atoms with Gasteiger partial charge < -0.3 is 4.98 Å². The molecule has 0 aliphatic carbocycles. The van der Waals surface area contributed by atoms with Gasteiger partial charge in [-0.2, -0.15) is 0 Å². The predicted octanol–water partition coefficient (Wildman–Crippen LogP) is 3.77. The van der Waals surface area contributed by atoms with Gasteiger partial charge in [0, 0.05) is 15.8 Å². The monoisotopic (exact) mass is 373 g/mol. The molecule has 2 aromatic heterocycles. The number of nitrogens with zero attached hydrogens (tertiary/aromatic N) is 2. The van der Waals surface area contributed by atoms with E-state index in [0.29, 0.717) is 11.7 Å². The van der Waals surface area contributed by atoms with Crippen LogP contribution in [0.2, 0.25) is 0 Å². The van der Waals surface area contributed by atoms with Crippen molar-refractivity contribution in [3.05, 3.63) is 33.5 Å². The zero-order chi connectivity index (χ0) is 14.3. The molecule has 0 saturated carbocycles. The molecule has 2 aromatic rings. The molecule has 2 rings (SSSR count). The van der Waals surface area contributed by atoms with E-state index in [-0.39, 0.29) is 15.4 Å². The number of alkyl halides is 1. The number of halogens is 1. The van der Waals surface area contributed by atoms with Crippen LogP contribution >= 0.6 is 22.6 Å². The lowest BCUT2D eigenvalue weighted by Gasteiger charge is -2.12. The van der Waals surface area contributed by atoms with Gasteiger partial charge in [-0.15, -0.1) is 0 Å². The quantitative estimate of drug-likeness (QED) is 0.658. The summed E-state index contributed by atoms with van der Waals surface area (Å²) in [6.45, 7) is 10.4. The highest BCUT2D eigenvalue weighted by molar-refractivity contribution is 14.1. The average Bonchev–Trinajstić information content (AvgIpc) is 2.72. The molecule has 0 radical (unpaired) electrons. The summed E-state index contributed by atoms with van der Waals surface area (Å²) >= 11 is 2.28. The summed E-state index contributed by atoms with van der Waals surface area (Å²) in [5, 5.41) is 0. The van der Waals surface area contributed by atoms with E-state index in [0.717, 1.165) is 17.0 Å². The first-order valence-electron chi connectivity index (χ1n) is 6.62. The number of aromatic amines is 1. The van der Waals surface area contributed by atoms with Gasteiger partial charge in [0.2, 0.25) is 5.78 Å². The number of imidazole rings is 1. The number of hydrogen-bond donors (Lipinski definition) is 1. The summed E-state index contributed by atoms with van der Waals surface area (Å²) in [5.74, 6) is 1.25. The fourth-order valence-electron chi connectivity index (χ4n) is 2.18. The summed E-state index contributed by atoms with van der Waals surface area (Å²) in [6, 6.07) is 0. The van der Waals surface area contributed by atoms with Crippen LogP contribution < -0.4 is 5.56 Å². The van der Waals surface area contributed by atoms with Gasteiger partial charge in [-0.3, -0.25) is 9.20 Å². The molecule has 104 valence electrons. The third-order valence-electron chi connectivity index (χ3n) is 3.27. The molecule has 0 spiro atoms. The fraction of sp³-hybridized carbons (Fsp3) is 0.571. The van der Waals surface area contributed by atoms with E-state index in [1.165, 1.54) is 0 Å². The van der Waals surface area contributed by atoms with E-state index in [1.54, 1.807) is 4.40 Å². The maximum absolute atomic E-state index is 12.6. The molecule has 0 amide bonds. The lowest BCUT2D eigenvalue weighted by atomic mass is 10.0. The molecular weight excluding hydrogens is 353 g/mol. The van der Waals surface area contributed by atoms with Crippen LogP contribution in [-0.4, -0.2) is 14.4 Å². The normalized spacial score (nSPS) is 13.7. The molecule has 5 heteroatoms. The SMILES string of the molecule is CC(C)c1cn2c(=O)c(C(C)I)c(C(C)C)nc2[nH]1. The molecule has 0 aromatic carbocycles. The molecule has 0 aliphatic rings. The zero-order valence-corrected chi connectivity index (χ0v) is 14.1. The number of H-pyrrole nitrogens is 1. The third-order valence-corrected chi connectivity index (χ3v) is 3.89. The summed E-state index contributed by atoms with van der Waals surface area (Å²) in [5.41, 5.74) is 2.82. The molecule has 1 unspecified atom stereocenters. The van der Waals surface area contributed by atoms with E-state index in [4.69, 9.17) is 0 Å². The van der Waals surface area contributed by atoms with Crippen LogP contribution in [0.4, 0.5) is 0 Å². The van der Waals surface area contributed by atoms with Gasteiger partial charge >= 0.3 is 0 Å². The number of rotatable bonds is 3. The highest BCUT2D eigenvalue weighted by Crippen LogP contribution is 2.27. The van der Waals surface area contributed by atoms with Crippen LogP contribution in [0.5, 0.6) is 0 Å². The molecule has 19 heavy (non-hydrogen) atoms. The van der Waals surface area contributed by atoms with Crippen molar-refractivity contribution in [3.63, 3.8) is 0 Å². The Balaban J connectivity index is 2.82. The van der Waals surface area contributed by atoms with Gasteiger partial charge in [-0.25, -0.2) is 4.98 Å². The Hall–Kier alpha value is -0.850. The van der Waals surface area contributed by atoms with Crippen LogP contribution in [0.3, 0.4) is 0 Å². The van der Waals surface area contributed by atoms with Crippen LogP contribution in [0.25, 0.3) is 5.78 Å². The molecule has 0 saturated heterocycles. The Bertz CT molecular complexity index is 652. The second kappa shape index (κ2) is 5.26. The average molecular weight is 373 g/mol. The van der Waals surface area contributed by atoms with Gasteiger partial charge in [0.25, 0.3) is 5.56 Å². The van der Waals surface area contributed by atoms with Crippen molar-refractivity contribution in [2.24, 2.45) is 0 Å². The molecule has 2 heterocycles. The summed E-state index contributed by atoms with van der Waals surface area (Å²) < 4.78 is 1.80. The minimum absolute atomic E-state index is 0.0544. The standard InChI is InChI=1S/C14H20IN3O/c1-7(2)10-6-18-13(19)11(9(5)15)12(8(3)4)17-14(18)16-10/h6-9H,1-5H3,(H,16,17). The van der Waals surface area contributed by atoms with Crippen molar-refractivity contribution in [2.75, 3.05) is 0 Å². The number of nitrogens with one attached hydrogen (secondary N) is 1. The van der Waals surface area contributed by atoms with Crippen molar-refractivity contribution < 1.29 is 0 Å². The molecule has 1 atom stereocenters. The Labute approximate surface area is 126 Å². The van der Waals surface area contributed by atoms with Crippen molar-refractivity contribution in [1.29, 1.82) is 0 Å². The third kappa shape index (κ3) is 2.57. The van der Waals surface area contributed by atoms with E-state index in [1.807, 2.05) is 13.1 Å². The van der Waals surface area contributed by atoms with Crippen molar-refractivity contribution in [2.45, 2.75) is 50.4 Å². The first kappa shape index (κ1) is 14.6. The maximum atomic E-state index is 12.6. The number of aromatic nitrogens is 3. The molecule has 0 aliphatic heterocycles. The molecule has 1 N–H and O–H groups in total. The van der Waals surface area contributed by atoms with Crippen LogP contribution in [0.15, 0.2) is 11.0 Å². The van der Waals surface area contributed by atoms with E-state index >= 15 is 0 Å². The van der Waals surface area contributed by atoms with Crippen LogP contribution in [-0.2, 0) is 0 Å². The molecule has 0 fully saturated rings. The van der Waals surface area contributed by atoms with Crippen LogP contribution in [0.1, 0.15) is 67.3 Å². The topological polar surface area (TPSA) is 50.2 Å². The van der Waals surface area contributed by atoms with E-state index < -0.39 is 0 Å². The van der Waals surface area contributed by atoms with Gasteiger partial charge in [-0.05, 0) is 18.8 Å². The second-order valence-electron chi connectivity index (χ2n) is 5.54. The number of fused-ring (bicyclic) bond motifs is 1. The van der Waals surface area contributed by atoms with E-state index in [2.05, 4.69) is 60.3 Å². The Morgan fingerprint density at radius 3 is 2.32 bits per heavy atom. The second-order valence-corrected chi connectivity index (χ2v) is 7.41. The maximum Gasteiger partial charge on any atom is 0.263 e. The van der Waals surface area contributed by atoms with E-state index in [9.17, 15) is 4.79 Å². The zero-order valence-electron chi connectivity index (χ0n) is 12.0. The largest absolute Gasteiger partial charge is 0.327 e. The summed E-state index contributed by atoms with van der Waals surface area (Å²) in [4.78, 5) is 20.5. The number of hydrogen-bond acceptors (Lipinski definition) is 2. The highest BCUT2D eigenvalue weighted by Gasteiger charge is 2.20. The molecule has 4 nitrogen and oxygen atoms in total. The smallest absolute Gasteiger partial charge is 0.263 e. The highest BCUT2D eigenvalue weighted by atomic mass is 127. The first-order valence-corrected chi connectivity index (χ1v) is 7.86. The van der Waals surface area contributed by atoms with Gasteiger partial charge in [0.05, 0.1) is 11.3 Å². The summed E-state index contributed by atoms with van der Waals surface area (Å²) in [7, 11) is 0. The summed E-state index contributed by atoms with van der Waals surface area (Å²) in [6.07, 6.45) is 1.88. The molecule has 0 bridgehead atoms. The van der Waals surface area contributed by atoms with Gasteiger partial charge in [0.1, 0.15) is 0 Å². The van der Waals surface area contributed by atoms with Crippen molar-refractivity contribution in [3.8, 4) is 0 Å². The lowest BCUT2D eigenvalue weighted by Crippen LogP contribution is -2.22. The van der Waals surface area contributed by atoms with Gasteiger partial charge in [-0.1, -0.05) is 50.3 Å². The predicted molar refractivity (Wildman–Crippen MR) is 86.4 cm³/mol. The molecular formula is C14H20IN3O. The fourth-order valence-corrected chi connectivity index (χ4v) is 2.76. The lowest BCUT2D eigenvalue weighted by molar-refractivity contribution is 0.782. The van der Waals surface area contributed by atoms with Crippen molar-refractivity contribution in [1.82, 2.24) is 14.4 Å². The minimum atomic E-state index is 0.0544. The Morgan fingerprint density at radius 2 is 1.84 bits per heavy atom. The minimum Gasteiger partial charge on any atom is -0.327 e. The van der Waals surface area contributed by atoms with Crippen LogP contribution in [0, 0.1) is 0 Å². The van der Waals surface area contributed by atoms with Crippen molar-refractivity contribution >= 4 is 28.4 Å². The first-order chi connectivity index (χ1) is 8.82.